The first-order valence-corrected chi connectivity index (χ1v) is 10.6. The van der Waals surface area contributed by atoms with Crippen molar-refractivity contribution in [3.05, 3.63) is 71.2 Å². The number of carbonyl (C=O) groups excluding carboxylic acids is 1. The van der Waals surface area contributed by atoms with E-state index in [0.29, 0.717) is 35.6 Å². The molecule has 3 N–H and O–H groups in total. The Kier molecular flexibility index (Phi) is 4.94. The summed E-state index contributed by atoms with van der Waals surface area (Å²) in [7, 11) is 2.15. The summed E-state index contributed by atoms with van der Waals surface area (Å²) in [5, 5.41) is 2.75. The van der Waals surface area contributed by atoms with Crippen LogP contribution in [-0.4, -0.2) is 42.5 Å². The molecule has 0 radical (unpaired) electrons. The first kappa shape index (κ1) is 19.7. The summed E-state index contributed by atoms with van der Waals surface area (Å²) in [5.41, 5.74) is 11.5. The average Bonchev–Trinajstić information content (AvgIpc) is 3.21. The van der Waals surface area contributed by atoms with Crippen molar-refractivity contribution in [2.45, 2.75) is 18.8 Å². The molecule has 158 valence electrons. The molecule has 1 atom stereocenters. The number of nitrogens with zero attached hydrogens (tertiary/aromatic N) is 2. The van der Waals surface area contributed by atoms with E-state index in [0.717, 1.165) is 29.8 Å². The Hall–Kier alpha value is -3.25. The molecule has 1 fully saturated rings. The number of likely N-dealkylation sites (N-methyl/N-ethyl adjacent to an activating group) is 1. The minimum Gasteiger partial charge on any atom is -0.383 e. The van der Waals surface area contributed by atoms with E-state index in [4.69, 9.17) is 5.73 Å². The van der Waals surface area contributed by atoms with Gasteiger partial charge in [0.1, 0.15) is 11.6 Å². The molecule has 0 spiro atoms. The first-order valence-electron chi connectivity index (χ1n) is 10.6. The van der Waals surface area contributed by atoms with E-state index in [9.17, 15) is 9.18 Å². The van der Waals surface area contributed by atoms with Crippen LogP contribution in [0.2, 0.25) is 0 Å². The minimum absolute atomic E-state index is 0.236. The number of nitrogens with one attached hydrogen (secondary N) is 1. The smallest absolute Gasteiger partial charge is 0.251 e. The number of fused-ring (bicyclic) bond motifs is 1. The van der Waals surface area contributed by atoms with Crippen LogP contribution in [0.15, 0.2) is 48.7 Å². The highest BCUT2D eigenvalue weighted by Gasteiger charge is 2.22. The van der Waals surface area contributed by atoms with Gasteiger partial charge in [0.15, 0.2) is 0 Å². The van der Waals surface area contributed by atoms with E-state index in [1.165, 1.54) is 18.1 Å². The molecule has 2 aliphatic heterocycles. The Labute approximate surface area is 181 Å². The standard InChI is InChI=1S/C25H25FN4O/c1-30-9-7-18(14-30)15-2-4-16(5-3-15)19-11-22(24(27)29-13-19)21-10-17-6-8-28-25(31)20(17)12-23(21)26/h2-5,10-13,18H,6-9,14H2,1H3,(H2,27,29)(H,28,31)/t18-/m1/s1. The minimum atomic E-state index is -0.470. The molecule has 6 heteroatoms. The molecule has 1 saturated heterocycles. The van der Waals surface area contributed by atoms with Crippen molar-refractivity contribution in [1.29, 1.82) is 0 Å². The van der Waals surface area contributed by atoms with Crippen LogP contribution < -0.4 is 11.1 Å². The van der Waals surface area contributed by atoms with Gasteiger partial charge in [0.2, 0.25) is 0 Å². The molecule has 0 bridgehead atoms. The van der Waals surface area contributed by atoms with Crippen molar-refractivity contribution >= 4 is 11.7 Å². The summed E-state index contributed by atoms with van der Waals surface area (Å²) in [4.78, 5) is 18.7. The topological polar surface area (TPSA) is 71.2 Å². The van der Waals surface area contributed by atoms with E-state index >= 15 is 0 Å². The Bertz CT molecular complexity index is 1160. The van der Waals surface area contributed by atoms with Gasteiger partial charge >= 0.3 is 0 Å². The van der Waals surface area contributed by atoms with Crippen molar-refractivity contribution in [3.8, 4) is 22.3 Å². The number of likely N-dealkylation sites (tertiary alicyclic amines) is 1. The third-order valence-electron chi connectivity index (χ3n) is 6.43. The van der Waals surface area contributed by atoms with Crippen molar-refractivity contribution in [3.63, 3.8) is 0 Å². The zero-order valence-corrected chi connectivity index (χ0v) is 17.5. The van der Waals surface area contributed by atoms with Gasteiger partial charge in [-0.15, -0.1) is 0 Å². The number of benzene rings is 2. The van der Waals surface area contributed by atoms with Crippen molar-refractivity contribution in [2.75, 3.05) is 32.4 Å². The normalized spacial score (nSPS) is 18.6. The Balaban J connectivity index is 1.50. The molecule has 31 heavy (non-hydrogen) atoms. The number of carbonyl (C=O) groups is 1. The van der Waals surface area contributed by atoms with Crippen LogP contribution in [0.1, 0.15) is 33.8 Å². The number of anilines is 1. The second-order valence-electron chi connectivity index (χ2n) is 8.52. The van der Waals surface area contributed by atoms with Crippen LogP contribution in [-0.2, 0) is 6.42 Å². The number of halogens is 1. The van der Waals surface area contributed by atoms with Crippen LogP contribution in [0.3, 0.4) is 0 Å². The average molecular weight is 417 g/mol. The van der Waals surface area contributed by atoms with Gasteiger partial charge in [-0.2, -0.15) is 0 Å². The number of hydrogen-bond acceptors (Lipinski definition) is 4. The quantitative estimate of drug-likeness (QED) is 0.681. The van der Waals surface area contributed by atoms with Crippen LogP contribution >= 0.6 is 0 Å². The molecule has 5 rings (SSSR count). The lowest BCUT2D eigenvalue weighted by Gasteiger charge is -2.18. The predicted molar refractivity (Wildman–Crippen MR) is 120 cm³/mol. The number of pyridine rings is 1. The fraction of sp³-hybridized carbons (Fsp3) is 0.280. The molecule has 1 amide bonds. The summed E-state index contributed by atoms with van der Waals surface area (Å²) in [5.74, 6) is 0.136. The van der Waals surface area contributed by atoms with E-state index in [2.05, 4.69) is 46.5 Å². The second-order valence-corrected chi connectivity index (χ2v) is 8.52. The van der Waals surface area contributed by atoms with Gasteiger partial charge in [0, 0.05) is 41.5 Å². The first-order chi connectivity index (χ1) is 15.0. The highest BCUT2D eigenvalue weighted by Crippen LogP contribution is 2.34. The van der Waals surface area contributed by atoms with Crippen molar-refractivity contribution in [2.24, 2.45) is 0 Å². The van der Waals surface area contributed by atoms with Crippen LogP contribution in [0.4, 0.5) is 10.2 Å². The lowest BCUT2D eigenvalue weighted by atomic mass is 9.93. The maximum Gasteiger partial charge on any atom is 0.251 e. The Morgan fingerprint density at radius 3 is 2.65 bits per heavy atom. The lowest BCUT2D eigenvalue weighted by Crippen LogP contribution is -2.32. The van der Waals surface area contributed by atoms with E-state index in [1.807, 2.05) is 6.07 Å². The van der Waals surface area contributed by atoms with E-state index in [-0.39, 0.29) is 11.7 Å². The second kappa shape index (κ2) is 7.78. The molecule has 1 aromatic heterocycles. The molecule has 2 aliphatic rings. The van der Waals surface area contributed by atoms with Gasteiger partial charge in [0.05, 0.1) is 0 Å². The number of aromatic nitrogens is 1. The molecule has 0 unspecified atom stereocenters. The molecule has 3 heterocycles. The van der Waals surface area contributed by atoms with Gasteiger partial charge in [-0.05, 0) is 67.2 Å². The number of rotatable bonds is 3. The predicted octanol–water partition coefficient (Wildman–Crippen LogP) is 3.84. The van der Waals surface area contributed by atoms with Gasteiger partial charge < -0.3 is 16.0 Å². The van der Waals surface area contributed by atoms with Gasteiger partial charge in [-0.25, -0.2) is 9.37 Å². The number of amides is 1. The Morgan fingerprint density at radius 2 is 1.90 bits per heavy atom. The zero-order chi connectivity index (χ0) is 21.5. The molecule has 0 aliphatic carbocycles. The van der Waals surface area contributed by atoms with Gasteiger partial charge in [0.25, 0.3) is 5.91 Å². The number of hydrogen-bond donors (Lipinski definition) is 2. The van der Waals surface area contributed by atoms with Gasteiger partial charge in [-0.3, -0.25) is 4.79 Å². The number of nitrogen functional groups attached to an aromatic ring is 1. The summed E-state index contributed by atoms with van der Waals surface area (Å²) in [6.45, 7) is 2.77. The SMILES string of the molecule is CN1CC[C@@H](c2ccc(-c3cnc(N)c(-c4cc5c(cc4F)C(=O)NCC5)c3)cc2)C1. The van der Waals surface area contributed by atoms with Crippen LogP contribution in [0.25, 0.3) is 22.3 Å². The van der Waals surface area contributed by atoms with E-state index < -0.39 is 5.82 Å². The van der Waals surface area contributed by atoms with Crippen LogP contribution in [0.5, 0.6) is 0 Å². The highest BCUT2D eigenvalue weighted by molar-refractivity contribution is 5.97. The lowest BCUT2D eigenvalue weighted by molar-refractivity contribution is 0.0945. The highest BCUT2D eigenvalue weighted by atomic mass is 19.1. The largest absolute Gasteiger partial charge is 0.383 e. The summed E-state index contributed by atoms with van der Waals surface area (Å²) in [6, 6.07) is 13.5. The maximum atomic E-state index is 14.9. The fourth-order valence-corrected chi connectivity index (χ4v) is 4.65. The molecular formula is C25H25FN4O. The molecule has 3 aromatic rings. The van der Waals surface area contributed by atoms with E-state index in [1.54, 1.807) is 12.3 Å². The summed E-state index contributed by atoms with van der Waals surface area (Å²) >= 11 is 0. The third-order valence-corrected chi connectivity index (χ3v) is 6.43. The van der Waals surface area contributed by atoms with Gasteiger partial charge in [-0.1, -0.05) is 24.3 Å². The van der Waals surface area contributed by atoms with Crippen LogP contribution in [0, 0.1) is 5.82 Å². The molecular weight excluding hydrogens is 391 g/mol. The zero-order valence-electron chi connectivity index (χ0n) is 17.5. The Morgan fingerprint density at radius 1 is 1.10 bits per heavy atom. The maximum absolute atomic E-state index is 14.9. The molecule has 0 saturated carbocycles. The monoisotopic (exact) mass is 416 g/mol. The molecule has 2 aromatic carbocycles. The fourth-order valence-electron chi connectivity index (χ4n) is 4.65. The van der Waals surface area contributed by atoms with Crippen molar-refractivity contribution in [1.82, 2.24) is 15.2 Å². The summed E-state index contributed by atoms with van der Waals surface area (Å²) in [6.07, 6.45) is 3.57. The third kappa shape index (κ3) is 3.68. The number of nitrogens with two attached hydrogens (primary N) is 1. The van der Waals surface area contributed by atoms with Crippen molar-refractivity contribution < 1.29 is 9.18 Å². The molecule has 5 nitrogen and oxygen atoms in total. The summed E-state index contributed by atoms with van der Waals surface area (Å²) < 4.78 is 14.9.